The van der Waals surface area contributed by atoms with E-state index in [-0.39, 0.29) is 24.0 Å². The Morgan fingerprint density at radius 1 is 1.22 bits per heavy atom. The third-order valence-electron chi connectivity index (χ3n) is 3.26. The number of benzene rings is 1. The average Bonchev–Trinajstić information content (AvgIpc) is 2.99. The molecule has 0 atom stereocenters. The van der Waals surface area contributed by atoms with Crippen molar-refractivity contribution in [3.05, 3.63) is 40.9 Å². The summed E-state index contributed by atoms with van der Waals surface area (Å²) in [4.78, 5) is 16.1. The number of carbonyl (C=O) groups excluding carboxylic acids is 1. The van der Waals surface area contributed by atoms with Gasteiger partial charge < -0.3 is 10.1 Å². The van der Waals surface area contributed by atoms with Crippen LogP contribution in [0.3, 0.4) is 0 Å². The lowest BCUT2D eigenvalue weighted by atomic mass is 10.2. The van der Waals surface area contributed by atoms with Crippen molar-refractivity contribution in [2.45, 2.75) is 44.6 Å². The van der Waals surface area contributed by atoms with Crippen LogP contribution < -0.4 is 5.32 Å². The van der Waals surface area contributed by atoms with Crippen LogP contribution in [-0.4, -0.2) is 38.1 Å². The Kier molecular flexibility index (Phi) is 6.96. The van der Waals surface area contributed by atoms with Gasteiger partial charge in [0.1, 0.15) is 12.1 Å². The molecule has 0 aliphatic heterocycles. The molecule has 2 aromatic rings. The Bertz CT molecular complexity index is 868. The van der Waals surface area contributed by atoms with E-state index in [4.69, 9.17) is 8.92 Å². The van der Waals surface area contributed by atoms with Crippen molar-refractivity contribution in [3.63, 3.8) is 0 Å². The van der Waals surface area contributed by atoms with Gasteiger partial charge in [0.2, 0.25) is 0 Å². The summed E-state index contributed by atoms with van der Waals surface area (Å²) in [6.07, 6.45) is 0.343. The van der Waals surface area contributed by atoms with Gasteiger partial charge in [-0.2, -0.15) is 8.42 Å². The summed E-state index contributed by atoms with van der Waals surface area (Å²) in [5.74, 6) is -0.369. The van der Waals surface area contributed by atoms with E-state index in [1.165, 1.54) is 23.5 Å². The highest BCUT2D eigenvalue weighted by Gasteiger charge is 2.17. The normalized spacial score (nSPS) is 12.0. The summed E-state index contributed by atoms with van der Waals surface area (Å²) >= 11 is 1.33. The van der Waals surface area contributed by atoms with E-state index >= 15 is 0 Å². The van der Waals surface area contributed by atoms with Crippen LogP contribution in [-0.2, 0) is 30.3 Å². The van der Waals surface area contributed by atoms with Crippen LogP contribution in [0, 0.1) is 6.92 Å². The first-order valence-electron chi connectivity index (χ1n) is 8.41. The van der Waals surface area contributed by atoms with E-state index < -0.39 is 15.7 Å². The van der Waals surface area contributed by atoms with Gasteiger partial charge in [-0.05, 0) is 39.8 Å². The molecule has 0 spiro atoms. The molecule has 7 nitrogen and oxygen atoms in total. The van der Waals surface area contributed by atoms with Gasteiger partial charge >= 0.3 is 5.97 Å². The Hall–Kier alpha value is -1.97. The summed E-state index contributed by atoms with van der Waals surface area (Å²) in [6.45, 7) is 7.30. The molecular weight excluding hydrogens is 388 g/mol. The molecule has 27 heavy (non-hydrogen) atoms. The number of hydrogen-bond acceptors (Lipinski definition) is 8. The number of esters is 1. The maximum absolute atomic E-state index is 12.1. The van der Waals surface area contributed by atoms with Crippen molar-refractivity contribution in [1.82, 2.24) is 4.98 Å². The lowest BCUT2D eigenvalue weighted by Gasteiger charge is -2.19. The molecule has 1 aromatic heterocycles. The average molecular weight is 413 g/mol. The predicted octanol–water partition coefficient (Wildman–Crippen LogP) is 3.15. The number of thiazole rings is 1. The van der Waals surface area contributed by atoms with Crippen molar-refractivity contribution in [3.8, 4) is 0 Å². The van der Waals surface area contributed by atoms with Crippen molar-refractivity contribution >= 4 is 32.6 Å². The Morgan fingerprint density at radius 2 is 1.89 bits per heavy atom. The van der Waals surface area contributed by atoms with E-state index in [0.717, 1.165) is 5.56 Å². The lowest BCUT2D eigenvalue weighted by Crippen LogP contribution is -2.28. The summed E-state index contributed by atoms with van der Waals surface area (Å²) in [7, 11) is -3.78. The van der Waals surface area contributed by atoms with E-state index in [9.17, 15) is 13.2 Å². The summed E-state index contributed by atoms with van der Waals surface area (Å²) < 4.78 is 34.5. The van der Waals surface area contributed by atoms with Crippen LogP contribution in [0.1, 0.15) is 32.0 Å². The smallest absolute Gasteiger partial charge is 0.325 e. The quantitative estimate of drug-likeness (QED) is 0.526. The first-order chi connectivity index (χ1) is 12.5. The van der Waals surface area contributed by atoms with Gasteiger partial charge in [0, 0.05) is 11.8 Å². The molecule has 0 saturated carbocycles. The minimum Gasteiger partial charge on any atom is -0.459 e. The molecule has 0 aliphatic carbocycles. The van der Waals surface area contributed by atoms with Gasteiger partial charge in [-0.15, -0.1) is 11.3 Å². The zero-order chi connectivity index (χ0) is 20.1. The van der Waals surface area contributed by atoms with E-state index in [2.05, 4.69) is 10.3 Å². The number of hydrogen-bond donors (Lipinski definition) is 1. The van der Waals surface area contributed by atoms with Crippen LogP contribution >= 0.6 is 11.3 Å². The van der Waals surface area contributed by atoms with Crippen LogP contribution in [0.25, 0.3) is 0 Å². The van der Waals surface area contributed by atoms with Crippen LogP contribution in [0.15, 0.2) is 34.5 Å². The van der Waals surface area contributed by atoms with Crippen molar-refractivity contribution in [1.29, 1.82) is 0 Å². The zero-order valence-corrected chi connectivity index (χ0v) is 17.4. The SMILES string of the molecule is Cc1ccc(S(=O)(=O)OCCc2csc(NCC(=O)OC(C)(C)C)n2)cc1. The van der Waals surface area contributed by atoms with Gasteiger partial charge in [0.15, 0.2) is 5.13 Å². The standard InChI is InChI=1S/C18H24N2O5S2/c1-13-5-7-15(8-6-13)27(22,23)24-10-9-14-12-26-17(20-14)19-11-16(21)25-18(2,3)4/h5-8,12H,9-11H2,1-4H3,(H,19,20). The molecule has 0 fully saturated rings. The molecule has 0 saturated heterocycles. The molecule has 0 unspecified atom stereocenters. The molecule has 2 rings (SSSR count). The molecule has 1 heterocycles. The fourth-order valence-corrected chi connectivity index (χ4v) is 3.71. The maximum atomic E-state index is 12.1. The van der Waals surface area contributed by atoms with Crippen LogP contribution in [0.5, 0.6) is 0 Å². The molecule has 0 bridgehead atoms. The molecule has 0 aliphatic rings. The first-order valence-corrected chi connectivity index (χ1v) is 10.7. The highest BCUT2D eigenvalue weighted by atomic mass is 32.2. The Labute approximate surface area is 163 Å². The highest BCUT2D eigenvalue weighted by Crippen LogP contribution is 2.17. The topological polar surface area (TPSA) is 94.6 Å². The third-order valence-corrected chi connectivity index (χ3v) is 5.44. The summed E-state index contributed by atoms with van der Waals surface area (Å²) in [6, 6.07) is 6.48. The number of aromatic nitrogens is 1. The maximum Gasteiger partial charge on any atom is 0.325 e. The number of carbonyl (C=O) groups is 1. The number of nitrogens with zero attached hydrogens (tertiary/aromatic N) is 1. The Morgan fingerprint density at radius 3 is 2.52 bits per heavy atom. The van der Waals surface area contributed by atoms with E-state index in [1.807, 2.05) is 6.92 Å². The summed E-state index contributed by atoms with van der Waals surface area (Å²) in [5.41, 5.74) is 1.13. The van der Waals surface area contributed by atoms with Crippen molar-refractivity contribution in [2.24, 2.45) is 0 Å². The molecule has 148 valence electrons. The van der Waals surface area contributed by atoms with Crippen molar-refractivity contribution < 1.29 is 22.1 Å². The number of nitrogens with one attached hydrogen (secondary N) is 1. The predicted molar refractivity (Wildman–Crippen MR) is 104 cm³/mol. The van der Waals surface area contributed by atoms with E-state index in [0.29, 0.717) is 17.2 Å². The molecule has 0 radical (unpaired) electrons. The highest BCUT2D eigenvalue weighted by molar-refractivity contribution is 7.86. The summed E-state index contributed by atoms with van der Waals surface area (Å²) in [5, 5.41) is 5.26. The Balaban J connectivity index is 1.80. The number of aryl methyl sites for hydroxylation is 1. The fourth-order valence-electron chi connectivity index (χ4n) is 2.06. The monoisotopic (exact) mass is 412 g/mol. The molecular formula is C18H24N2O5S2. The minimum absolute atomic E-state index is 0.00848. The van der Waals surface area contributed by atoms with Crippen LogP contribution in [0.2, 0.25) is 0 Å². The zero-order valence-electron chi connectivity index (χ0n) is 15.8. The molecule has 1 N–H and O–H groups in total. The third kappa shape index (κ3) is 7.28. The van der Waals surface area contributed by atoms with E-state index in [1.54, 1.807) is 38.3 Å². The second kappa shape index (κ2) is 8.81. The number of anilines is 1. The first kappa shape index (κ1) is 21.3. The largest absolute Gasteiger partial charge is 0.459 e. The molecule has 9 heteroatoms. The molecule has 1 aromatic carbocycles. The van der Waals surface area contributed by atoms with Gasteiger partial charge in [0.25, 0.3) is 10.1 Å². The fraction of sp³-hybridized carbons (Fsp3) is 0.444. The number of rotatable bonds is 8. The number of ether oxygens (including phenoxy) is 1. The minimum atomic E-state index is -3.78. The molecule has 0 amide bonds. The lowest BCUT2D eigenvalue weighted by molar-refractivity contribution is -0.152. The second-order valence-electron chi connectivity index (χ2n) is 6.92. The van der Waals surface area contributed by atoms with Gasteiger partial charge in [-0.25, -0.2) is 4.98 Å². The van der Waals surface area contributed by atoms with Gasteiger partial charge in [-0.3, -0.25) is 8.98 Å². The van der Waals surface area contributed by atoms with Gasteiger partial charge in [0.05, 0.1) is 17.2 Å². The van der Waals surface area contributed by atoms with Crippen molar-refractivity contribution in [2.75, 3.05) is 18.5 Å². The van der Waals surface area contributed by atoms with Gasteiger partial charge in [-0.1, -0.05) is 17.7 Å². The van der Waals surface area contributed by atoms with Crippen LogP contribution in [0.4, 0.5) is 5.13 Å². The second-order valence-corrected chi connectivity index (χ2v) is 9.40.